The average molecular weight is 409 g/mol. The van der Waals surface area contributed by atoms with E-state index in [1.807, 2.05) is 13.8 Å². The molecular formula is C21H23N5O4. The van der Waals surface area contributed by atoms with Crippen molar-refractivity contribution >= 4 is 5.91 Å². The fraction of sp³-hybridized carbons (Fsp3) is 0.286. The summed E-state index contributed by atoms with van der Waals surface area (Å²) in [5, 5.41) is 0. The Hall–Kier alpha value is -3.75. The highest BCUT2D eigenvalue weighted by Crippen LogP contribution is 2.31. The molecule has 0 bridgehead atoms. The number of nitrogens with zero attached hydrogens (tertiary/aromatic N) is 4. The van der Waals surface area contributed by atoms with Crippen molar-refractivity contribution in [2.45, 2.75) is 26.4 Å². The molecule has 0 aliphatic carbocycles. The minimum atomic E-state index is -0.261. The molecule has 0 radical (unpaired) electrons. The largest absolute Gasteiger partial charge is 0.491 e. The minimum Gasteiger partial charge on any atom is -0.491 e. The van der Waals surface area contributed by atoms with Crippen LogP contribution in [0, 0.1) is 0 Å². The van der Waals surface area contributed by atoms with Crippen LogP contribution in [0.15, 0.2) is 47.7 Å². The number of carbonyl (C=O) groups is 1. The molecule has 2 aromatic heterocycles. The van der Waals surface area contributed by atoms with Gasteiger partial charge >= 0.3 is 0 Å². The van der Waals surface area contributed by atoms with Gasteiger partial charge in [-0.1, -0.05) is 6.92 Å². The van der Waals surface area contributed by atoms with Gasteiger partial charge in [-0.05, 0) is 25.5 Å². The second-order valence-electron chi connectivity index (χ2n) is 6.85. The van der Waals surface area contributed by atoms with Crippen molar-refractivity contribution in [3.05, 3.63) is 58.9 Å². The van der Waals surface area contributed by atoms with Gasteiger partial charge in [-0.2, -0.15) is 0 Å². The van der Waals surface area contributed by atoms with E-state index < -0.39 is 0 Å². The van der Waals surface area contributed by atoms with E-state index >= 15 is 0 Å². The van der Waals surface area contributed by atoms with Gasteiger partial charge < -0.3 is 19.4 Å². The molecule has 2 heterocycles. The van der Waals surface area contributed by atoms with Crippen molar-refractivity contribution in [2.75, 3.05) is 14.1 Å². The van der Waals surface area contributed by atoms with Crippen molar-refractivity contribution in [3.8, 4) is 28.8 Å². The smallest absolute Gasteiger partial charge is 0.273 e. The standard InChI is InChI=1S/C21H23N5O4/c1-5-13(2)29-15-8-14(20-22-7-6-18(27)25-20)9-16(10-15)30-19-12-23-17(11-24-19)21(28)26(3)4/h6-13H,5H2,1-4H3,(H,22,25,27). The lowest BCUT2D eigenvalue weighted by Crippen LogP contribution is -2.22. The van der Waals surface area contributed by atoms with E-state index in [-0.39, 0.29) is 29.1 Å². The Kier molecular flexibility index (Phi) is 6.41. The molecule has 9 heteroatoms. The Balaban J connectivity index is 1.93. The van der Waals surface area contributed by atoms with Crippen LogP contribution < -0.4 is 15.0 Å². The van der Waals surface area contributed by atoms with E-state index in [2.05, 4.69) is 19.9 Å². The molecule has 1 N–H and O–H groups in total. The van der Waals surface area contributed by atoms with Crippen LogP contribution in [0.5, 0.6) is 17.4 Å². The normalized spacial score (nSPS) is 11.6. The molecule has 0 aliphatic rings. The zero-order chi connectivity index (χ0) is 21.7. The van der Waals surface area contributed by atoms with E-state index in [1.165, 1.54) is 29.6 Å². The van der Waals surface area contributed by atoms with E-state index in [1.54, 1.807) is 32.3 Å². The lowest BCUT2D eigenvalue weighted by Gasteiger charge is -2.15. The lowest BCUT2D eigenvalue weighted by molar-refractivity contribution is 0.0821. The molecule has 0 saturated carbocycles. The van der Waals surface area contributed by atoms with Crippen LogP contribution in [0.4, 0.5) is 0 Å². The third kappa shape index (κ3) is 5.19. The molecule has 1 amide bonds. The van der Waals surface area contributed by atoms with Gasteiger partial charge in [0.1, 0.15) is 23.0 Å². The van der Waals surface area contributed by atoms with Crippen molar-refractivity contribution in [1.82, 2.24) is 24.8 Å². The molecule has 9 nitrogen and oxygen atoms in total. The first-order chi connectivity index (χ1) is 14.4. The molecule has 3 rings (SSSR count). The molecule has 30 heavy (non-hydrogen) atoms. The molecule has 1 aromatic carbocycles. The maximum atomic E-state index is 11.9. The van der Waals surface area contributed by atoms with Crippen LogP contribution >= 0.6 is 0 Å². The number of aromatic nitrogens is 4. The summed E-state index contributed by atoms with van der Waals surface area (Å²) in [5.41, 5.74) is 0.576. The van der Waals surface area contributed by atoms with Crippen LogP contribution in [0.25, 0.3) is 11.4 Å². The van der Waals surface area contributed by atoms with Crippen LogP contribution in [-0.2, 0) is 0 Å². The Morgan fingerprint density at radius 2 is 1.90 bits per heavy atom. The topological polar surface area (TPSA) is 110 Å². The number of nitrogens with one attached hydrogen (secondary N) is 1. The number of rotatable bonds is 7. The summed E-state index contributed by atoms with van der Waals surface area (Å²) in [5.74, 6) is 1.35. The molecule has 0 fully saturated rings. The maximum absolute atomic E-state index is 11.9. The summed E-state index contributed by atoms with van der Waals surface area (Å²) >= 11 is 0. The van der Waals surface area contributed by atoms with E-state index in [4.69, 9.17) is 9.47 Å². The van der Waals surface area contributed by atoms with Crippen LogP contribution in [0.3, 0.4) is 0 Å². The fourth-order valence-corrected chi connectivity index (χ4v) is 2.50. The lowest BCUT2D eigenvalue weighted by atomic mass is 10.2. The van der Waals surface area contributed by atoms with Crippen LogP contribution in [-0.4, -0.2) is 50.9 Å². The molecule has 156 valence electrons. The number of hydrogen-bond acceptors (Lipinski definition) is 7. The Morgan fingerprint density at radius 3 is 2.53 bits per heavy atom. The highest BCUT2D eigenvalue weighted by atomic mass is 16.5. The average Bonchev–Trinajstić information content (AvgIpc) is 2.73. The van der Waals surface area contributed by atoms with Crippen molar-refractivity contribution in [3.63, 3.8) is 0 Å². The van der Waals surface area contributed by atoms with Gasteiger partial charge in [0.25, 0.3) is 11.5 Å². The predicted octanol–water partition coefficient (Wildman–Crippen LogP) is 2.90. The summed E-state index contributed by atoms with van der Waals surface area (Å²) in [6.07, 6.45) is 4.98. The first kappa shape index (κ1) is 21.0. The Labute approximate surface area is 173 Å². The minimum absolute atomic E-state index is 0.00740. The summed E-state index contributed by atoms with van der Waals surface area (Å²) in [4.78, 5) is 40.2. The summed E-state index contributed by atoms with van der Waals surface area (Å²) in [6, 6.07) is 6.55. The van der Waals surface area contributed by atoms with E-state index in [0.29, 0.717) is 22.9 Å². The summed E-state index contributed by atoms with van der Waals surface area (Å²) in [7, 11) is 3.28. The number of aromatic amines is 1. The molecule has 0 spiro atoms. The van der Waals surface area contributed by atoms with Gasteiger partial charge in [0.2, 0.25) is 5.88 Å². The van der Waals surface area contributed by atoms with Crippen LogP contribution in [0.1, 0.15) is 30.8 Å². The highest BCUT2D eigenvalue weighted by molar-refractivity contribution is 5.91. The fourth-order valence-electron chi connectivity index (χ4n) is 2.50. The van der Waals surface area contributed by atoms with Crippen molar-refractivity contribution < 1.29 is 14.3 Å². The molecule has 1 atom stereocenters. The van der Waals surface area contributed by atoms with Crippen molar-refractivity contribution in [1.29, 1.82) is 0 Å². The Bertz CT molecular complexity index is 1080. The summed E-state index contributed by atoms with van der Waals surface area (Å²) < 4.78 is 11.7. The number of H-pyrrole nitrogens is 1. The number of hydrogen-bond donors (Lipinski definition) is 1. The molecule has 0 saturated heterocycles. The van der Waals surface area contributed by atoms with Crippen LogP contribution in [0.2, 0.25) is 0 Å². The van der Waals surface area contributed by atoms with Gasteiger partial charge in [0.15, 0.2) is 0 Å². The third-order valence-electron chi connectivity index (χ3n) is 4.21. The molecular weight excluding hydrogens is 386 g/mol. The highest BCUT2D eigenvalue weighted by Gasteiger charge is 2.13. The molecule has 0 aliphatic heterocycles. The number of carbonyl (C=O) groups excluding carboxylic acids is 1. The monoisotopic (exact) mass is 409 g/mol. The van der Waals surface area contributed by atoms with Gasteiger partial charge in [-0.15, -0.1) is 0 Å². The Morgan fingerprint density at radius 1 is 1.13 bits per heavy atom. The first-order valence-corrected chi connectivity index (χ1v) is 9.44. The van der Waals surface area contributed by atoms with Gasteiger partial charge in [-0.3, -0.25) is 9.59 Å². The van der Waals surface area contributed by atoms with Crippen molar-refractivity contribution in [2.24, 2.45) is 0 Å². The number of benzene rings is 1. The predicted molar refractivity (Wildman–Crippen MR) is 111 cm³/mol. The second kappa shape index (κ2) is 9.17. The maximum Gasteiger partial charge on any atom is 0.273 e. The second-order valence-corrected chi connectivity index (χ2v) is 6.85. The number of amides is 1. The SMILES string of the molecule is CCC(C)Oc1cc(Oc2cnc(C(=O)N(C)C)cn2)cc(-c2nccc(=O)[nH]2)c1. The number of ether oxygens (including phenoxy) is 2. The molecule has 3 aromatic rings. The third-order valence-corrected chi connectivity index (χ3v) is 4.21. The molecule has 1 unspecified atom stereocenters. The first-order valence-electron chi connectivity index (χ1n) is 9.44. The van der Waals surface area contributed by atoms with Gasteiger partial charge in [0.05, 0.1) is 18.5 Å². The summed E-state index contributed by atoms with van der Waals surface area (Å²) in [6.45, 7) is 3.98. The van der Waals surface area contributed by atoms with Gasteiger partial charge in [-0.25, -0.2) is 15.0 Å². The van der Waals surface area contributed by atoms with E-state index in [0.717, 1.165) is 6.42 Å². The zero-order valence-electron chi connectivity index (χ0n) is 17.2. The zero-order valence-corrected chi connectivity index (χ0v) is 17.2. The van der Waals surface area contributed by atoms with E-state index in [9.17, 15) is 9.59 Å². The van der Waals surface area contributed by atoms with Gasteiger partial charge in [0, 0.05) is 38.0 Å². The quantitative estimate of drug-likeness (QED) is 0.639.